The fourth-order valence-corrected chi connectivity index (χ4v) is 4.27. The van der Waals surface area contributed by atoms with Crippen molar-refractivity contribution < 1.29 is 4.57 Å². The maximum absolute atomic E-state index is 2.43. The molecule has 2 aromatic carbocycles. The second kappa shape index (κ2) is 6.41. The van der Waals surface area contributed by atoms with Gasteiger partial charge in [0.05, 0.1) is 12.7 Å². The van der Waals surface area contributed by atoms with Crippen LogP contribution in [0.3, 0.4) is 0 Å². The van der Waals surface area contributed by atoms with E-state index in [1.54, 1.807) is 0 Å². The van der Waals surface area contributed by atoms with Crippen molar-refractivity contribution in [1.29, 1.82) is 0 Å². The van der Waals surface area contributed by atoms with Gasteiger partial charge in [-0.15, -0.1) is 0 Å². The first-order valence-electron chi connectivity index (χ1n) is 9.59. The Morgan fingerprint density at radius 1 is 0.815 bits per heavy atom. The number of benzene rings is 2. The van der Waals surface area contributed by atoms with Crippen molar-refractivity contribution in [1.82, 2.24) is 0 Å². The van der Waals surface area contributed by atoms with E-state index in [1.165, 1.54) is 45.1 Å². The molecule has 0 unspecified atom stereocenters. The number of aromatic nitrogens is 1. The van der Waals surface area contributed by atoms with E-state index in [9.17, 15) is 0 Å². The van der Waals surface area contributed by atoms with Crippen LogP contribution in [0.5, 0.6) is 0 Å². The van der Waals surface area contributed by atoms with Crippen molar-refractivity contribution in [3.8, 4) is 11.3 Å². The Kier molecular flexibility index (Phi) is 4.18. The van der Waals surface area contributed by atoms with E-state index in [0.717, 1.165) is 0 Å². The molecule has 0 bridgehead atoms. The molecule has 0 spiro atoms. The van der Waals surface area contributed by atoms with Crippen molar-refractivity contribution in [2.24, 2.45) is 7.05 Å². The van der Waals surface area contributed by atoms with Gasteiger partial charge in [-0.1, -0.05) is 24.3 Å². The highest BCUT2D eigenvalue weighted by Crippen LogP contribution is 2.42. The average molecular weight is 359 g/mol. The second-order valence-electron chi connectivity index (χ2n) is 7.63. The molecule has 0 aliphatic carbocycles. The number of anilines is 3. The van der Waals surface area contributed by atoms with E-state index in [0.29, 0.717) is 0 Å². The highest BCUT2D eigenvalue weighted by atomic mass is 15.4. The van der Waals surface area contributed by atoms with Gasteiger partial charge in [-0.2, -0.15) is 0 Å². The third-order valence-electron chi connectivity index (χ3n) is 6.11. The minimum atomic E-state index is 0.267. The number of hydrogen-bond acceptors (Lipinski definition) is 2. The molecule has 0 radical (unpaired) electrons. The van der Waals surface area contributed by atoms with Gasteiger partial charge in [0, 0.05) is 18.7 Å². The topological polar surface area (TPSA) is 10.4 Å². The zero-order valence-corrected chi connectivity index (χ0v) is 17.1. The lowest BCUT2D eigenvalue weighted by atomic mass is 9.95. The molecule has 1 aliphatic heterocycles. The van der Waals surface area contributed by atoms with Crippen molar-refractivity contribution in [2.45, 2.75) is 33.9 Å². The molecule has 27 heavy (non-hydrogen) atoms. The van der Waals surface area contributed by atoms with Gasteiger partial charge in [0.1, 0.15) is 5.69 Å². The standard InChI is InChI=1S/C24H28N3/c1-16-14-15-17(2)24(18(16)3)22-12-9-13-23(26(22)6)27-19(4)25(5)20-10-7-8-11-21(20)27/h7-15,19H,1-6H3/q+1/t19-/m1/s1. The Bertz CT molecular complexity index is 1020. The molecule has 0 saturated carbocycles. The van der Waals surface area contributed by atoms with E-state index in [1.807, 2.05) is 0 Å². The molecule has 0 fully saturated rings. The Morgan fingerprint density at radius 3 is 2.22 bits per heavy atom. The normalized spacial score (nSPS) is 16.0. The zero-order chi connectivity index (χ0) is 19.3. The molecule has 1 aliphatic rings. The summed E-state index contributed by atoms with van der Waals surface area (Å²) in [4.78, 5) is 4.77. The van der Waals surface area contributed by atoms with Crippen LogP contribution in [0.4, 0.5) is 17.2 Å². The molecule has 2 heterocycles. The first-order chi connectivity index (χ1) is 12.9. The first-order valence-corrected chi connectivity index (χ1v) is 9.59. The van der Waals surface area contributed by atoms with E-state index in [4.69, 9.17) is 0 Å². The third-order valence-corrected chi connectivity index (χ3v) is 6.11. The molecule has 1 aromatic heterocycles. The minimum Gasteiger partial charge on any atom is -0.333 e. The Balaban J connectivity index is 1.92. The predicted molar refractivity (Wildman–Crippen MR) is 114 cm³/mol. The second-order valence-corrected chi connectivity index (χ2v) is 7.63. The minimum absolute atomic E-state index is 0.267. The predicted octanol–water partition coefficient (Wildman–Crippen LogP) is 5.04. The fourth-order valence-electron chi connectivity index (χ4n) is 4.27. The number of aryl methyl sites for hydroxylation is 2. The zero-order valence-electron chi connectivity index (χ0n) is 17.1. The summed E-state index contributed by atoms with van der Waals surface area (Å²) in [6.45, 7) is 8.88. The van der Waals surface area contributed by atoms with Gasteiger partial charge in [-0.25, -0.2) is 9.47 Å². The molecular formula is C24H28N3+. The molecule has 0 amide bonds. The summed E-state index contributed by atoms with van der Waals surface area (Å²) in [6, 6.07) is 19.7. The van der Waals surface area contributed by atoms with Crippen LogP contribution in [0.25, 0.3) is 11.3 Å². The lowest BCUT2D eigenvalue weighted by Crippen LogP contribution is -2.44. The summed E-state index contributed by atoms with van der Waals surface area (Å²) in [6.07, 6.45) is 0.267. The number of fused-ring (bicyclic) bond motifs is 1. The van der Waals surface area contributed by atoms with Crippen LogP contribution in [-0.2, 0) is 7.05 Å². The van der Waals surface area contributed by atoms with Gasteiger partial charge in [0.25, 0.3) is 5.82 Å². The quantitative estimate of drug-likeness (QED) is 0.594. The summed E-state index contributed by atoms with van der Waals surface area (Å²) >= 11 is 0. The summed E-state index contributed by atoms with van der Waals surface area (Å²) in [5.74, 6) is 1.21. The van der Waals surface area contributed by atoms with Gasteiger partial charge in [-0.05, 0) is 68.7 Å². The van der Waals surface area contributed by atoms with E-state index >= 15 is 0 Å². The number of pyridine rings is 1. The molecule has 138 valence electrons. The maximum atomic E-state index is 2.43. The molecule has 3 nitrogen and oxygen atoms in total. The van der Waals surface area contributed by atoms with Crippen molar-refractivity contribution in [3.63, 3.8) is 0 Å². The lowest BCUT2D eigenvalue weighted by Gasteiger charge is -2.23. The molecule has 0 N–H and O–H groups in total. The molecule has 4 rings (SSSR count). The largest absolute Gasteiger partial charge is 0.333 e. The molecule has 3 aromatic rings. The summed E-state index contributed by atoms with van der Waals surface area (Å²) in [7, 11) is 4.35. The first kappa shape index (κ1) is 17.6. The summed E-state index contributed by atoms with van der Waals surface area (Å²) in [5, 5.41) is 0. The highest BCUT2D eigenvalue weighted by molar-refractivity contribution is 5.81. The molecule has 3 heteroatoms. The smallest absolute Gasteiger partial charge is 0.283 e. The van der Waals surface area contributed by atoms with Crippen molar-refractivity contribution in [2.75, 3.05) is 16.8 Å². The van der Waals surface area contributed by atoms with Gasteiger partial charge in [0.2, 0.25) is 0 Å². The van der Waals surface area contributed by atoms with Crippen LogP contribution in [0, 0.1) is 20.8 Å². The van der Waals surface area contributed by atoms with E-state index in [2.05, 4.69) is 111 Å². The van der Waals surface area contributed by atoms with Gasteiger partial charge in [-0.3, -0.25) is 0 Å². The number of hydrogen-bond donors (Lipinski definition) is 0. The highest BCUT2D eigenvalue weighted by Gasteiger charge is 2.39. The van der Waals surface area contributed by atoms with E-state index < -0.39 is 0 Å². The van der Waals surface area contributed by atoms with Crippen LogP contribution >= 0.6 is 0 Å². The maximum Gasteiger partial charge on any atom is 0.283 e. The fraction of sp³-hybridized carbons (Fsp3) is 0.292. The van der Waals surface area contributed by atoms with Gasteiger partial charge in [0.15, 0.2) is 11.9 Å². The Hall–Kier alpha value is -2.81. The summed E-state index contributed by atoms with van der Waals surface area (Å²) in [5.41, 5.74) is 9.14. The Labute approximate surface area is 162 Å². The van der Waals surface area contributed by atoms with Crippen LogP contribution in [0.2, 0.25) is 0 Å². The molecule has 0 saturated heterocycles. The van der Waals surface area contributed by atoms with Crippen LogP contribution in [0.15, 0.2) is 54.6 Å². The number of nitrogens with zero attached hydrogens (tertiary/aromatic N) is 3. The number of para-hydroxylation sites is 2. The third kappa shape index (κ3) is 2.61. The van der Waals surface area contributed by atoms with Crippen molar-refractivity contribution in [3.05, 3.63) is 71.3 Å². The van der Waals surface area contributed by atoms with Crippen LogP contribution < -0.4 is 14.4 Å². The Morgan fingerprint density at radius 2 is 1.48 bits per heavy atom. The molecular weight excluding hydrogens is 330 g/mol. The van der Waals surface area contributed by atoms with Crippen LogP contribution in [0.1, 0.15) is 23.6 Å². The van der Waals surface area contributed by atoms with E-state index in [-0.39, 0.29) is 6.17 Å². The summed E-state index contributed by atoms with van der Waals surface area (Å²) < 4.78 is 2.33. The lowest BCUT2D eigenvalue weighted by molar-refractivity contribution is -0.647. The monoisotopic (exact) mass is 358 g/mol. The number of rotatable bonds is 2. The van der Waals surface area contributed by atoms with Gasteiger partial charge >= 0.3 is 0 Å². The molecule has 1 atom stereocenters. The SMILES string of the molecule is Cc1ccc(C)c(-c2cccc(N3c4ccccc4N(C)[C@H]3C)[n+]2C)c1C. The van der Waals surface area contributed by atoms with Gasteiger partial charge < -0.3 is 4.90 Å². The van der Waals surface area contributed by atoms with Crippen molar-refractivity contribution >= 4 is 17.2 Å². The average Bonchev–Trinajstić information content (AvgIpc) is 2.91. The van der Waals surface area contributed by atoms with Crippen LogP contribution in [-0.4, -0.2) is 13.2 Å².